The number of Topliss-reactive ketones (excluding diaryl/α,β-unsaturated/α-hetero) is 3. The summed E-state index contributed by atoms with van der Waals surface area (Å²) in [7, 11) is 1.67. The van der Waals surface area contributed by atoms with Gasteiger partial charge in [0.2, 0.25) is 0 Å². The van der Waals surface area contributed by atoms with Crippen LogP contribution >= 0.6 is 0 Å². The summed E-state index contributed by atoms with van der Waals surface area (Å²) in [6.45, 7) is 5.27. The Hall–Kier alpha value is -1.03. The third-order valence-corrected chi connectivity index (χ3v) is 2.40. The van der Waals surface area contributed by atoms with E-state index in [1.807, 2.05) is 13.8 Å². The number of ketones is 3. The minimum atomic E-state index is -0.366. The van der Waals surface area contributed by atoms with Crippen molar-refractivity contribution in [3.8, 4) is 0 Å². The van der Waals surface area contributed by atoms with Crippen LogP contribution in [0.5, 0.6) is 0 Å². The van der Waals surface area contributed by atoms with Gasteiger partial charge in [-0.15, -0.1) is 0 Å². The van der Waals surface area contributed by atoms with Crippen LogP contribution in [0.2, 0.25) is 0 Å². The van der Waals surface area contributed by atoms with Crippen molar-refractivity contribution in [1.29, 1.82) is 0 Å². The summed E-state index contributed by atoms with van der Waals surface area (Å²) in [5.74, 6) is -0.500. The smallest absolute Gasteiger partial charge is 0.198 e. The molecule has 4 nitrogen and oxygen atoms in total. The first-order valence-corrected chi connectivity index (χ1v) is 5.62. The van der Waals surface area contributed by atoms with E-state index >= 15 is 0 Å². The second-order valence-corrected chi connectivity index (χ2v) is 4.43. The predicted octanol–water partition coefficient (Wildman–Crippen LogP) is 1.13. The van der Waals surface area contributed by atoms with Crippen LogP contribution in [-0.4, -0.2) is 30.4 Å². The van der Waals surface area contributed by atoms with Crippen molar-refractivity contribution in [2.45, 2.75) is 46.1 Å². The zero-order valence-electron chi connectivity index (χ0n) is 10.5. The topological polar surface area (TPSA) is 63.2 Å². The van der Waals surface area contributed by atoms with Crippen molar-refractivity contribution in [3.05, 3.63) is 0 Å². The molecule has 0 aromatic rings. The number of carbonyl (C=O) groups excluding carboxylic acids is 3. The minimum absolute atomic E-state index is 0.00777. The van der Waals surface area contributed by atoms with Gasteiger partial charge in [-0.2, -0.15) is 0 Å². The molecule has 0 bridgehead atoms. The highest BCUT2D eigenvalue weighted by atomic mass is 16.2. The summed E-state index contributed by atoms with van der Waals surface area (Å²) < 4.78 is 0. The van der Waals surface area contributed by atoms with Gasteiger partial charge in [-0.1, -0.05) is 13.8 Å². The summed E-state index contributed by atoms with van der Waals surface area (Å²) in [6, 6.07) is -0.323. The molecule has 16 heavy (non-hydrogen) atoms. The van der Waals surface area contributed by atoms with Gasteiger partial charge in [0.1, 0.15) is 5.78 Å². The van der Waals surface area contributed by atoms with Crippen LogP contribution in [-0.2, 0) is 14.4 Å². The van der Waals surface area contributed by atoms with E-state index in [2.05, 4.69) is 5.32 Å². The van der Waals surface area contributed by atoms with Gasteiger partial charge < -0.3 is 5.32 Å². The molecule has 0 amide bonds. The Bertz CT molecular complexity index is 271. The van der Waals surface area contributed by atoms with Crippen molar-refractivity contribution in [3.63, 3.8) is 0 Å². The normalized spacial score (nSPS) is 12.6. The third-order valence-electron chi connectivity index (χ3n) is 2.40. The van der Waals surface area contributed by atoms with Crippen LogP contribution in [0.25, 0.3) is 0 Å². The molecular weight excluding hydrogens is 206 g/mol. The van der Waals surface area contributed by atoms with Gasteiger partial charge in [0.05, 0.1) is 6.04 Å². The molecular formula is C12H21NO3. The van der Waals surface area contributed by atoms with Gasteiger partial charge in [-0.3, -0.25) is 14.4 Å². The Labute approximate surface area is 96.8 Å². The molecule has 0 unspecified atom stereocenters. The molecule has 0 aromatic carbocycles. The monoisotopic (exact) mass is 227 g/mol. The van der Waals surface area contributed by atoms with Gasteiger partial charge >= 0.3 is 0 Å². The lowest BCUT2D eigenvalue weighted by atomic mass is 9.99. The van der Waals surface area contributed by atoms with Crippen molar-refractivity contribution >= 4 is 17.3 Å². The fourth-order valence-electron chi connectivity index (χ4n) is 1.45. The Balaban J connectivity index is 4.06. The molecule has 0 saturated heterocycles. The summed E-state index contributed by atoms with van der Waals surface area (Å²) in [5, 5.41) is 2.82. The summed E-state index contributed by atoms with van der Waals surface area (Å²) in [6.07, 6.45) is 0.842. The Morgan fingerprint density at radius 3 is 2.06 bits per heavy atom. The third kappa shape index (κ3) is 5.75. The molecule has 0 aliphatic rings. The van der Waals surface area contributed by atoms with E-state index in [9.17, 15) is 14.4 Å². The highest BCUT2D eigenvalue weighted by Gasteiger charge is 2.18. The van der Waals surface area contributed by atoms with Crippen molar-refractivity contribution in [1.82, 2.24) is 5.32 Å². The van der Waals surface area contributed by atoms with E-state index in [0.717, 1.165) is 0 Å². The molecule has 0 rings (SSSR count). The molecule has 0 heterocycles. The maximum Gasteiger partial charge on any atom is 0.198 e. The lowest BCUT2D eigenvalue weighted by Crippen LogP contribution is -2.33. The fourth-order valence-corrected chi connectivity index (χ4v) is 1.45. The maximum atomic E-state index is 11.4. The van der Waals surface area contributed by atoms with Crippen LogP contribution < -0.4 is 5.32 Å². The first-order chi connectivity index (χ1) is 7.38. The quantitative estimate of drug-likeness (QED) is 0.631. The van der Waals surface area contributed by atoms with E-state index in [4.69, 9.17) is 0 Å². The fraction of sp³-hybridized carbons (Fsp3) is 0.750. The van der Waals surface area contributed by atoms with E-state index in [0.29, 0.717) is 12.8 Å². The standard InChI is InChI=1S/C12H21NO3/c1-8(2)7-12(16)11(15)6-5-10(13-4)9(3)14/h8,10,13H,5-7H2,1-4H3/t10-/m0/s1. The minimum Gasteiger partial charge on any atom is -0.311 e. The summed E-state index contributed by atoms with van der Waals surface area (Å²) in [5.41, 5.74) is 0. The van der Waals surface area contributed by atoms with Crippen LogP contribution in [0, 0.1) is 5.92 Å². The Kier molecular flexibility index (Phi) is 6.81. The molecule has 1 atom stereocenters. The number of likely N-dealkylation sites (N-methyl/N-ethyl adjacent to an activating group) is 1. The molecule has 0 aliphatic carbocycles. The second kappa shape index (κ2) is 7.28. The lowest BCUT2D eigenvalue weighted by Gasteiger charge is -2.11. The Morgan fingerprint density at radius 1 is 1.12 bits per heavy atom. The number of hydrogen-bond acceptors (Lipinski definition) is 4. The summed E-state index contributed by atoms with van der Waals surface area (Å²) in [4.78, 5) is 33.9. The highest BCUT2D eigenvalue weighted by Crippen LogP contribution is 2.05. The molecule has 0 saturated carbocycles. The molecule has 0 radical (unpaired) electrons. The lowest BCUT2D eigenvalue weighted by molar-refractivity contribution is -0.137. The molecule has 1 N–H and O–H groups in total. The number of carbonyl (C=O) groups is 3. The van der Waals surface area contributed by atoms with E-state index < -0.39 is 0 Å². The van der Waals surface area contributed by atoms with Crippen LogP contribution in [0.15, 0.2) is 0 Å². The average molecular weight is 227 g/mol. The van der Waals surface area contributed by atoms with Crippen LogP contribution in [0.1, 0.15) is 40.0 Å². The highest BCUT2D eigenvalue weighted by molar-refractivity contribution is 6.37. The van der Waals surface area contributed by atoms with Crippen molar-refractivity contribution in [2.75, 3.05) is 7.05 Å². The van der Waals surface area contributed by atoms with Gasteiger partial charge in [-0.05, 0) is 26.3 Å². The Morgan fingerprint density at radius 2 is 1.69 bits per heavy atom. The van der Waals surface area contributed by atoms with Gasteiger partial charge in [0, 0.05) is 12.8 Å². The largest absolute Gasteiger partial charge is 0.311 e. The first-order valence-electron chi connectivity index (χ1n) is 5.62. The second-order valence-electron chi connectivity index (χ2n) is 4.43. The van der Waals surface area contributed by atoms with Crippen molar-refractivity contribution in [2.24, 2.45) is 5.92 Å². The molecule has 0 aromatic heterocycles. The van der Waals surface area contributed by atoms with Gasteiger partial charge in [0.15, 0.2) is 11.6 Å². The van der Waals surface area contributed by atoms with E-state index in [1.165, 1.54) is 6.92 Å². The molecule has 0 aliphatic heterocycles. The molecule has 0 fully saturated rings. The maximum absolute atomic E-state index is 11.4. The molecule has 92 valence electrons. The predicted molar refractivity (Wildman–Crippen MR) is 62.2 cm³/mol. The molecule has 4 heteroatoms. The van der Waals surface area contributed by atoms with E-state index in [-0.39, 0.29) is 35.7 Å². The SMILES string of the molecule is CN[C@@H](CCC(=O)C(=O)CC(C)C)C(C)=O. The van der Waals surface area contributed by atoms with Crippen LogP contribution in [0.4, 0.5) is 0 Å². The zero-order chi connectivity index (χ0) is 12.7. The number of nitrogens with one attached hydrogen (secondary N) is 1. The van der Waals surface area contributed by atoms with Gasteiger partial charge in [0.25, 0.3) is 0 Å². The van der Waals surface area contributed by atoms with Crippen LogP contribution in [0.3, 0.4) is 0 Å². The van der Waals surface area contributed by atoms with E-state index in [1.54, 1.807) is 7.05 Å². The van der Waals surface area contributed by atoms with Gasteiger partial charge in [-0.25, -0.2) is 0 Å². The van der Waals surface area contributed by atoms with Crippen molar-refractivity contribution < 1.29 is 14.4 Å². The number of hydrogen-bond donors (Lipinski definition) is 1. The summed E-state index contributed by atoms with van der Waals surface area (Å²) >= 11 is 0. The average Bonchev–Trinajstić information content (AvgIpc) is 2.16. The number of rotatable bonds is 8. The molecule has 0 spiro atoms. The first kappa shape index (κ1) is 15.0. The zero-order valence-corrected chi connectivity index (χ0v) is 10.5.